The van der Waals surface area contributed by atoms with E-state index in [1.165, 1.54) is 7.11 Å². The molecular formula is C13H19BN2O3. The van der Waals surface area contributed by atoms with Gasteiger partial charge < -0.3 is 15.7 Å². The summed E-state index contributed by atoms with van der Waals surface area (Å²) >= 11 is 0. The molecule has 0 radical (unpaired) electrons. The van der Waals surface area contributed by atoms with E-state index in [-0.39, 0.29) is 5.97 Å². The van der Waals surface area contributed by atoms with Crippen molar-refractivity contribution in [3.05, 3.63) is 34.4 Å². The lowest BCUT2D eigenvalue weighted by molar-refractivity contribution is -0.142. The molecule has 0 saturated carbocycles. The zero-order valence-electron chi connectivity index (χ0n) is 11.7. The smallest absolute Gasteiger partial charge is 0.322 e. The number of primary amides is 1. The molecule has 3 N–H and O–H groups in total. The summed E-state index contributed by atoms with van der Waals surface area (Å²) in [6.45, 7) is 3.80. The summed E-state index contributed by atoms with van der Waals surface area (Å²) in [7, 11) is 3.08. The number of rotatable bonds is 5. The Kier molecular flexibility index (Phi) is 5.12. The quantitative estimate of drug-likeness (QED) is 0.560. The van der Waals surface area contributed by atoms with Crippen LogP contribution in [0.5, 0.6) is 0 Å². The predicted octanol–water partition coefficient (Wildman–Crippen LogP) is -0.376. The Morgan fingerprint density at radius 2 is 1.89 bits per heavy atom. The molecule has 1 rings (SSSR count). The average Bonchev–Trinajstić information content (AvgIpc) is 2.37. The second-order valence-electron chi connectivity index (χ2n) is 4.52. The normalized spacial score (nSPS) is 11.9. The Morgan fingerprint density at radius 1 is 1.37 bits per heavy atom. The molecule has 0 aliphatic heterocycles. The van der Waals surface area contributed by atoms with Crippen LogP contribution < -0.4 is 11.0 Å². The third-order valence-corrected chi connectivity index (χ3v) is 3.22. The standard InChI is InChI=1S/C13H19BN2O3/c1-7-4-9(12(15)17)5-8(2)10(7)6-11(16-14)13(18)19-3/h4-5,11,16H,6,14H2,1-3H3,(H2,15,17)/t11-/m0/s1. The number of aryl methyl sites for hydroxylation is 2. The Labute approximate surface area is 113 Å². The maximum Gasteiger partial charge on any atom is 0.322 e. The van der Waals surface area contributed by atoms with Crippen LogP contribution in [-0.2, 0) is 16.0 Å². The van der Waals surface area contributed by atoms with E-state index in [1.807, 2.05) is 13.8 Å². The van der Waals surface area contributed by atoms with Crippen molar-refractivity contribution in [2.75, 3.05) is 7.11 Å². The van der Waals surface area contributed by atoms with Gasteiger partial charge in [0.05, 0.1) is 13.2 Å². The van der Waals surface area contributed by atoms with Gasteiger partial charge in [-0.15, -0.1) is 0 Å². The number of nitrogens with two attached hydrogens (primary N) is 1. The molecule has 0 heterocycles. The predicted molar refractivity (Wildman–Crippen MR) is 75.6 cm³/mol. The number of hydrogen-bond donors (Lipinski definition) is 2. The van der Waals surface area contributed by atoms with E-state index in [1.54, 1.807) is 20.1 Å². The molecule has 102 valence electrons. The highest BCUT2D eigenvalue weighted by Crippen LogP contribution is 2.18. The lowest BCUT2D eigenvalue weighted by atomic mass is 9.93. The number of esters is 1. The summed E-state index contributed by atoms with van der Waals surface area (Å²) in [5, 5.41) is 2.93. The summed E-state index contributed by atoms with van der Waals surface area (Å²) in [5.74, 6) is -0.754. The van der Waals surface area contributed by atoms with Gasteiger partial charge in [0.25, 0.3) is 0 Å². The molecule has 0 aliphatic carbocycles. The van der Waals surface area contributed by atoms with Crippen molar-refractivity contribution < 1.29 is 14.3 Å². The summed E-state index contributed by atoms with van der Waals surface area (Å²) < 4.78 is 4.74. The first-order chi connectivity index (χ1) is 8.90. The fourth-order valence-corrected chi connectivity index (χ4v) is 2.11. The van der Waals surface area contributed by atoms with Gasteiger partial charge in [-0.1, -0.05) is 0 Å². The van der Waals surface area contributed by atoms with Crippen molar-refractivity contribution in [1.82, 2.24) is 5.23 Å². The molecule has 0 unspecified atom stereocenters. The molecule has 0 saturated heterocycles. The van der Waals surface area contributed by atoms with Gasteiger partial charge in [-0.2, -0.15) is 0 Å². The van der Waals surface area contributed by atoms with Crippen LogP contribution in [0.4, 0.5) is 0 Å². The maximum atomic E-state index is 11.6. The maximum absolute atomic E-state index is 11.6. The number of carbonyl (C=O) groups excluding carboxylic acids is 2. The van der Waals surface area contributed by atoms with Gasteiger partial charge in [0.2, 0.25) is 5.91 Å². The zero-order chi connectivity index (χ0) is 14.6. The van der Waals surface area contributed by atoms with E-state index < -0.39 is 11.9 Å². The minimum atomic E-state index is -0.448. The van der Waals surface area contributed by atoms with Crippen LogP contribution >= 0.6 is 0 Å². The van der Waals surface area contributed by atoms with Crippen molar-refractivity contribution in [2.24, 2.45) is 5.73 Å². The van der Waals surface area contributed by atoms with Gasteiger partial charge in [-0.3, -0.25) is 9.59 Å². The van der Waals surface area contributed by atoms with Crippen molar-refractivity contribution >= 4 is 19.9 Å². The van der Waals surface area contributed by atoms with Crippen LogP contribution in [0.25, 0.3) is 0 Å². The van der Waals surface area contributed by atoms with Crippen LogP contribution in [0.1, 0.15) is 27.0 Å². The molecule has 1 aromatic rings. The second-order valence-corrected chi connectivity index (χ2v) is 4.52. The fraction of sp³-hybridized carbons (Fsp3) is 0.385. The Morgan fingerprint density at radius 3 is 2.26 bits per heavy atom. The van der Waals surface area contributed by atoms with Gasteiger partial charge in [-0.05, 0) is 49.1 Å². The van der Waals surface area contributed by atoms with E-state index in [0.717, 1.165) is 16.7 Å². The molecule has 19 heavy (non-hydrogen) atoms. The topological polar surface area (TPSA) is 81.4 Å². The van der Waals surface area contributed by atoms with E-state index in [0.29, 0.717) is 12.0 Å². The highest BCUT2D eigenvalue weighted by molar-refractivity contribution is 6.06. The van der Waals surface area contributed by atoms with Gasteiger partial charge in [0.1, 0.15) is 0 Å². The van der Waals surface area contributed by atoms with Crippen molar-refractivity contribution in [3.8, 4) is 0 Å². The van der Waals surface area contributed by atoms with Gasteiger partial charge in [0.15, 0.2) is 7.98 Å². The third-order valence-electron chi connectivity index (χ3n) is 3.22. The van der Waals surface area contributed by atoms with Gasteiger partial charge >= 0.3 is 5.97 Å². The molecule has 0 bridgehead atoms. The highest BCUT2D eigenvalue weighted by Gasteiger charge is 2.19. The molecule has 0 fully saturated rings. The first kappa shape index (κ1) is 15.2. The summed E-state index contributed by atoms with van der Waals surface area (Å²) in [4.78, 5) is 22.8. The molecule has 0 aromatic heterocycles. The Hall–Kier alpha value is -1.82. The number of nitrogens with one attached hydrogen (secondary N) is 1. The molecule has 0 aliphatic rings. The number of hydrogen-bond acceptors (Lipinski definition) is 4. The molecule has 0 spiro atoms. The Bertz CT molecular complexity index is 480. The number of carbonyl (C=O) groups is 2. The van der Waals surface area contributed by atoms with Crippen LogP contribution in [-0.4, -0.2) is 33.0 Å². The SMILES string of the molecule is BN[C@@H](Cc1c(C)cc(C(N)=O)cc1C)C(=O)OC. The van der Waals surface area contributed by atoms with Gasteiger partial charge in [0, 0.05) is 5.56 Å². The average molecular weight is 262 g/mol. The number of methoxy groups -OCH3 is 1. The van der Waals surface area contributed by atoms with E-state index in [9.17, 15) is 9.59 Å². The van der Waals surface area contributed by atoms with E-state index in [2.05, 4.69) is 5.23 Å². The third kappa shape index (κ3) is 3.57. The highest BCUT2D eigenvalue weighted by atomic mass is 16.5. The van der Waals surface area contributed by atoms with Gasteiger partial charge in [-0.25, -0.2) is 0 Å². The summed E-state index contributed by atoms with van der Waals surface area (Å²) in [5.41, 5.74) is 8.67. The van der Waals surface area contributed by atoms with Crippen LogP contribution in [0.2, 0.25) is 0 Å². The lowest BCUT2D eigenvalue weighted by Gasteiger charge is -2.17. The van der Waals surface area contributed by atoms with Crippen LogP contribution in [0, 0.1) is 13.8 Å². The van der Waals surface area contributed by atoms with E-state index in [4.69, 9.17) is 10.5 Å². The molecule has 1 aromatic carbocycles. The lowest BCUT2D eigenvalue weighted by Crippen LogP contribution is -2.38. The molecule has 5 nitrogen and oxygen atoms in total. The largest absolute Gasteiger partial charge is 0.468 e. The Balaban J connectivity index is 3.08. The minimum Gasteiger partial charge on any atom is -0.468 e. The molecule has 1 amide bonds. The van der Waals surface area contributed by atoms with Crippen LogP contribution in [0.3, 0.4) is 0 Å². The first-order valence-corrected chi connectivity index (χ1v) is 6.05. The van der Waals surface area contributed by atoms with Crippen molar-refractivity contribution in [1.29, 1.82) is 0 Å². The van der Waals surface area contributed by atoms with Crippen molar-refractivity contribution in [3.63, 3.8) is 0 Å². The summed E-state index contributed by atoms with van der Waals surface area (Å²) in [6.07, 6.45) is 0.514. The molecular weight excluding hydrogens is 243 g/mol. The fourth-order valence-electron chi connectivity index (χ4n) is 2.11. The number of ether oxygens (including phenoxy) is 1. The van der Waals surface area contributed by atoms with E-state index >= 15 is 0 Å². The number of amides is 1. The van der Waals surface area contributed by atoms with Crippen molar-refractivity contribution in [2.45, 2.75) is 26.3 Å². The second kappa shape index (κ2) is 6.38. The number of benzene rings is 1. The first-order valence-electron chi connectivity index (χ1n) is 6.05. The van der Waals surface area contributed by atoms with Crippen LogP contribution in [0.15, 0.2) is 12.1 Å². The minimum absolute atomic E-state index is 0.305. The monoisotopic (exact) mass is 262 g/mol. The molecule has 6 heteroatoms. The zero-order valence-corrected chi connectivity index (χ0v) is 11.7. The molecule has 1 atom stereocenters. The summed E-state index contributed by atoms with van der Waals surface area (Å²) in [6, 6.07) is 3.09.